The van der Waals surface area contributed by atoms with Crippen LogP contribution in [0.15, 0.2) is 6.33 Å². The summed E-state index contributed by atoms with van der Waals surface area (Å²) in [5, 5.41) is 11.5. The molecule has 0 radical (unpaired) electrons. The van der Waals surface area contributed by atoms with Gasteiger partial charge in [0.15, 0.2) is 0 Å². The average molecular weight is 268 g/mol. The van der Waals surface area contributed by atoms with Crippen LogP contribution in [0.1, 0.15) is 32.1 Å². The van der Waals surface area contributed by atoms with E-state index in [4.69, 9.17) is 15.9 Å². The summed E-state index contributed by atoms with van der Waals surface area (Å²) in [6.45, 7) is 7.00. The Balaban J connectivity index is 2.64. The van der Waals surface area contributed by atoms with Crippen LogP contribution in [-0.2, 0) is 11.3 Å². The van der Waals surface area contributed by atoms with Crippen molar-refractivity contribution >= 4 is 5.84 Å². The van der Waals surface area contributed by atoms with Crippen LogP contribution in [-0.4, -0.2) is 52.3 Å². The van der Waals surface area contributed by atoms with Crippen molar-refractivity contribution < 1.29 is 4.74 Å². The van der Waals surface area contributed by atoms with E-state index in [2.05, 4.69) is 28.8 Å². The van der Waals surface area contributed by atoms with E-state index >= 15 is 0 Å². The van der Waals surface area contributed by atoms with E-state index in [-0.39, 0.29) is 11.9 Å². The highest BCUT2D eigenvalue weighted by molar-refractivity contribution is 5.76. The van der Waals surface area contributed by atoms with E-state index in [1.165, 1.54) is 0 Å². The number of rotatable bonds is 9. The lowest BCUT2D eigenvalue weighted by Gasteiger charge is -2.22. The van der Waals surface area contributed by atoms with Gasteiger partial charge in [0, 0.05) is 32.7 Å². The second kappa shape index (κ2) is 7.85. The van der Waals surface area contributed by atoms with Crippen LogP contribution in [0, 0.1) is 5.41 Å². The Bertz CT molecular complexity index is 389. The summed E-state index contributed by atoms with van der Waals surface area (Å²) in [5.74, 6) is 1.13. The molecule has 0 fully saturated rings. The Morgan fingerprint density at radius 2 is 2.26 bits per heavy atom. The highest BCUT2D eigenvalue weighted by Crippen LogP contribution is 2.08. The molecule has 0 aliphatic rings. The third kappa shape index (κ3) is 5.35. The summed E-state index contributed by atoms with van der Waals surface area (Å²) < 4.78 is 7.02. The molecule has 0 bridgehead atoms. The van der Waals surface area contributed by atoms with Crippen LogP contribution in [0.4, 0.5) is 0 Å². The minimum absolute atomic E-state index is 0.202. The largest absolute Gasteiger partial charge is 0.388 e. The van der Waals surface area contributed by atoms with E-state index in [1.807, 2.05) is 4.68 Å². The maximum Gasteiger partial charge on any atom is 0.141 e. The van der Waals surface area contributed by atoms with Gasteiger partial charge >= 0.3 is 0 Å². The molecule has 108 valence electrons. The van der Waals surface area contributed by atoms with Crippen LogP contribution < -0.4 is 5.73 Å². The van der Waals surface area contributed by atoms with Gasteiger partial charge in [0.05, 0.1) is 19.0 Å². The van der Waals surface area contributed by atoms with Gasteiger partial charge in [-0.05, 0) is 13.8 Å². The summed E-state index contributed by atoms with van der Waals surface area (Å²) in [4.78, 5) is 6.47. The minimum Gasteiger partial charge on any atom is -0.388 e. The van der Waals surface area contributed by atoms with Crippen molar-refractivity contribution in [2.24, 2.45) is 5.73 Å². The molecule has 0 aliphatic carbocycles. The number of amidine groups is 1. The van der Waals surface area contributed by atoms with Crippen molar-refractivity contribution in [3.63, 3.8) is 0 Å². The standard InChI is InChI=1S/C12H24N6O/c1-10(2)18-12(15-9-16-18)8-17(6-7-19-3)5-4-11(13)14/h9-10H,4-8H2,1-3H3,(H3,13,14). The number of aromatic nitrogens is 3. The molecule has 7 heteroatoms. The summed E-state index contributed by atoms with van der Waals surface area (Å²) in [6.07, 6.45) is 2.13. The molecular weight excluding hydrogens is 244 g/mol. The molecule has 0 amide bonds. The zero-order chi connectivity index (χ0) is 14.3. The lowest BCUT2D eigenvalue weighted by molar-refractivity contribution is 0.142. The van der Waals surface area contributed by atoms with Crippen LogP contribution >= 0.6 is 0 Å². The first-order valence-corrected chi connectivity index (χ1v) is 6.47. The predicted molar refractivity (Wildman–Crippen MR) is 74.1 cm³/mol. The van der Waals surface area contributed by atoms with Gasteiger partial charge in [-0.15, -0.1) is 0 Å². The van der Waals surface area contributed by atoms with Crippen molar-refractivity contribution in [3.05, 3.63) is 12.2 Å². The third-order valence-electron chi connectivity index (χ3n) is 2.81. The van der Waals surface area contributed by atoms with E-state index < -0.39 is 0 Å². The molecule has 1 aromatic heterocycles. The van der Waals surface area contributed by atoms with Crippen molar-refractivity contribution in [1.29, 1.82) is 5.41 Å². The topological polar surface area (TPSA) is 93.1 Å². The second-order valence-electron chi connectivity index (χ2n) is 4.76. The predicted octanol–water partition coefficient (Wildman–Crippen LogP) is 0.633. The Labute approximate surface area is 114 Å². The smallest absolute Gasteiger partial charge is 0.141 e. The molecule has 1 heterocycles. The fraction of sp³-hybridized carbons (Fsp3) is 0.750. The molecule has 0 aliphatic heterocycles. The number of methoxy groups -OCH3 is 1. The maximum absolute atomic E-state index is 7.31. The third-order valence-corrected chi connectivity index (χ3v) is 2.81. The van der Waals surface area contributed by atoms with Gasteiger partial charge in [0.1, 0.15) is 12.2 Å². The van der Waals surface area contributed by atoms with Crippen molar-refractivity contribution in [2.45, 2.75) is 32.9 Å². The fourth-order valence-electron chi connectivity index (χ4n) is 1.79. The summed E-state index contributed by atoms with van der Waals surface area (Å²) in [5.41, 5.74) is 5.41. The van der Waals surface area contributed by atoms with Gasteiger partial charge < -0.3 is 10.5 Å². The zero-order valence-corrected chi connectivity index (χ0v) is 12.0. The first-order valence-electron chi connectivity index (χ1n) is 6.47. The first-order chi connectivity index (χ1) is 9.04. The SMILES string of the molecule is COCCN(CCC(=N)N)Cc1ncnn1C(C)C. The van der Waals surface area contributed by atoms with E-state index in [1.54, 1.807) is 13.4 Å². The number of nitrogens with two attached hydrogens (primary N) is 1. The van der Waals surface area contributed by atoms with E-state index in [9.17, 15) is 0 Å². The maximum atomic E-state index is 7.31. The van der Waals surface area contributed by atoms with Crippen molar-refractivity contribution in [3.8, 4) is 0 Å². The van der Waals surface area contributed by atoms with Crippen LogP contribution in [0.5, 0.6) is 0 Å². The van der Waals surface area contributed by atoms with Crippen molar-refractivity contribution in [2.75, 3.05) is 26.8 Å². The number of hydrogen-bond donors (Lipinski definition) is 2. The second-order valence-corrected chi connectivity index (χ2v) is 4.76. The molecule has 0 unspecified atom stereocenters. The van der Waals surface area contributed by atoms with Gasteiger partial charge in [-0.3, -0.25) is 10.3 Å². The molecule has 19 heavy (non-hydrogen) atoms. The lowest BCUT2D eigenvalue weighted by Crippen LogP contribution is -2.32. The molecule has 7 nitrogen and oxygen atoms in total. The van der Waals surface area contributed by atoms with Crippen LogP contribution in [0.25, 0.3) is 0 Å². The molecular formula is C12H24N6O. The number of nitrogens with one attached hydrogen (secondary N) is 1. The van der Waals surface area contributed by atoms with E-state index in [0.29, 0.717) is 19.6 Å². The fourth-order valence-corrected chi connectivity index (χ4v) is 1.79. The van der Waals surface area contributed by atoms with Crippen LogP contribution in [0.3, 0.4) is 0 Å². The van der Waals surface area contributed by atoms with Gasteiger partial charge in [-0.25, -0.2) is 9.67 Å². The van der Waals surface area contributed by atoms with Gasteiger partial charge in [0.2, 0.25) is 0 Å². The first kappa shape index (κ1) is 15.6. The average Bonchev–Trinajstić information content (AvgIpc) is 2.80. The van der Waals surface area contributed by atoms with Gasteiger partial charge in [-0.1, -0.05) is 0 Å². The Morgan fingerprint density at radius 1 is 1.53 bits per heavy atom. The minimum atomic E-state index is 0.202. The number of hydrogen-bond acceptors (Lipinski definition) is 5. The highest BCUT2D eigenvalue weighted by Gasteiger charge is 2.13. The monoisotopic (exact) mass is 268 g/mol. The Kier molecular flexibility index (Phi) is 6.44. The normalized spacial score (nSPS) is 11.4. The number of ether oxygens (including phenoxy) is 1. The molecule has 0 aromatic carbocycles. The van der Waals surface area contributed by atoms with Gasteiger partial charge in [0.25, 0.3) is 0 Å². The number of nitrogens with zero attached hydrogens (tertiary/aromatic N) is 4. The molecule has 0 saturated carbocycles. The molecule has 0 atom stereocenters. The Morgan fingerprint density at radius 3 is 2.84 bits per heavy atom. The zero-order valence-electron chi connectivity index (χ0n) is 12.0. The molecule has 0 saturated heterocycles. The van der Waals surface area contributed by atoms with Gasteiger partial charge in [-0.2, -0.15) is 5.10 Å². The molecule has 1 aromatic rings. The quantitative estimate of drug-likeness (QED) is 0.506. The van der Waals surface area contributed by atoms with Crippen molar-refractivity contribution in [1.82, 2.24) is 19.7 Å². The summed E-state index contributed by atoms with van der Waals surface area (Å²) in [6, 6.07) is 0.287. The lowest BCUT2D eigenvalue weighted by atomic mass is 10.3. The van der Waals surface area contributed by atoms with E-state index in [0.717, 1.165) is 18.9 Å². The summed E-state index contributed by atoms with van der Waals surface area (Å²) >= 11 is 0. The summed E-state index contributed by atoms with van der Waals surface area (Å²) in [7, 11) is 1.68. The molecule has 3 N–H and O–H groups in total. The molecule has 0 spiro atoms. The Hall–Kier alpha value is -1.47. The van der Waals surface area contributed by atoms with Crippen LogP contribution in [0.2, 0.25) is 0 Å². The highest BCUT2D eigenvalue weighted by atomic mass is 16.5. The molecule has 1 rings (SSSR count).